The molecule has 8 heteroatoms. The van der Waals surface area contributed by atoms with Crippen molar-refractivity contribution in [2.45, 2.75) is 45.6 Å². The van der Waals surface area contributed by atoms with Gasteiger partial charge in [-0.25, -0.2) is 9.50 Å². The lowest BCUT2D eigenvalue weighted by Crippen LogP contribution is -2.39. The number of hydrogen-bond donors (Lipinski definition) is 0. The molecule has 5 rings (SSSR count). The molecule has 2 aromatic heterocycles. The van der Waals surface area contributed by atoms with E-state index in [-0.39, 0.29) is 17.9 Å². The fourth-order valence-electron chi connectivity index (χ4n) is 5.02. The van der Waals surface area contributed by atoms with E-state index in [9.17, 15) is 10.1 Å². The van der Waals surface area contributed by atoms with Crippen LogP contribution >= 0.6 is 11.6 Å². The summed E-state index contributed by atoms with van der Waals surface area (Å²) in [6.45, 7) is 6.22. The number of benzene rings is 1. The number of halogens is 1. The van der Waals surface area contributed by atoms with Crippen molar-refractivity contribution in [3.05, 3.63) is 57.9 Å². The summed E-state index contributed by atoms with van der Waals surface area (Å²) in [5.74, 6) is 0.971. The van der Waals surface area contributed by atoms with E-state index in [1.807, 2.05) is 47.7 Å². The van der Waals surface area contributed by atoms with E-state index in [0.717, 1.165) is 60.5 Å². The molecule has 0 spiro atoms. The van der Waals surface area contributed by atoms with Crippen LogP contribution in [0.3, 0.4) is 0 Å². The van der Waals surface area contributed by atoms with E-state index in [0.29, 0.717) is 23.7 Å². The molecule has 33 heavy (non-hydrogen) atoms. The molecule has 3 aromatic rings. The van der Waals surface area contributed by atoms with Crippen molar-refractivity contribution in [2.75, 3.05) is 24.5 Å². The molecule has 2 aliphatic heterocycles. The van der Waals surface area contributed by atoms with Crippen molar-refractivity contribution in [3.63, 3.8) is 0 Å². The molecule has 2 atom stereocenters. The molecule has 1 amide bonds. The molecule has 0 saturated carbocycles. The van der Waals surface area contributed by atoms with E-state index in [1.165, 1.54) is 0 Å². The van der Waals surface area contributed by atoms with Gasteiger partial charge in [0.15, 0.2) is 5.65 Å². The first-order chi connectivity index (χ1) is 15.9. The largest absolute Gasteiger partial charge is 0.355 e. The lowest BCUT2D eigenvalue weighted by molar-refractivity contribution is 0.0605. The Morgan fingerprint density at radius 3 is 2.79 bits per heavy atom. The number of aromatic nitrogens is 3. The van der Waals surface area contributed by atoms with Crippen molar-refractivity contribution in [3.8, 4) is 6.07 Å². The Labute approximate surface area is 198 Å². The zero-order chi connectivity index (χ0) is 23.1. The molecule has 1 aromatic carbocycles. The van der Waals surface area contributed by atoms with E-state index in [2.05, 4.69) is 11.0 Å². The number of nitriles is 1. The lowest BCUT2D eigenvalue weighted by atomic mass is 9.97. The number of rotatable bonds is 3. The van der Waals surface area contributed by atoms with Crippen molar-refractivity contribution in [1.82, 2.24) is 19.5 Å². The topological polar surface area (TPSA) is 77.5 Å². The van der Waals surface area contributed by atoms with Crippen LogP contribution in [0.25, 0.3) is 5.65 Å². The number of hydrogen-bond acceptors (Lipinski definition) is 5. The Morgan fingerprint density at radius 1 is 1.15 bits per heavy atom. The minimum Gasteiger partial charge on any atom is -0.355 e. The van der Waals surface area contributed by atoms with Crippen molar-refractivity contribution >= 4 is 29.0 Å². The van der Waals surface area contributed by atoms with Gasteiger partial charge in [0.05, 0.1) is 23.7 Å². The van der Waals surface area contributed by atoms with Crippen molar-refractivity contribution in [2.24, 2.45) is 5.92 Å². The Morgan fingerprint density at radius 2 is 2.00 bits per heavy atom. The second-order valence-corrected chi connectivity index (χ2v) is 9.59. The molecule has 7 nitrogen and oxygen atoms in total. The third-order valence-electron chi connectivity index (χ3n) is 6.83. The molecule has 0 aliphatic carbocycles. The van der Waals surface area contributed by atoms with Gasteiger partial charge in [-0.2, -0.15) is 10.4 Å². The molecule has 0 radical (unpaired) electrons. The summed E-state index contributed by atoms with van der Waals surface area (Å²) in [4.78, 5) is 22.5. The Balaban J connectivity index is 1.47. The van der Waals surface area contributed by atoms with Crippen molar-refractivity contribution in [1.29, 1.82) is 5.26 Å². The van der Waals surface area contributed by atoms with Gasteiger partial charge >= 0.3 is 0 Å². The van der Waals surface area contributed by atoms with Crippen LogP contribution in [0, 0.1) is 31.1 Å². The summed E-state index contributed by atoms with van der Waals surface area (Å²) in [6.07, 6.45) is 5.77. The van der Waals surface area contributed by atoms with Gasteiger partial charge in [-0.3, -0.25) is 4.79 Å². The summed E-state index contributed by atoms with van der Waals surface area (Å²) in [6, 6.07) is 9.75. The Bertz CT molecular complexity index is 1260. The second-order valence-electron chi connectivity index (χ2n) is 9.15. The molecular formula is C25H27ClN6O. The van der Waals surface area contributed by atoms with E-state index < -0.39 is 0 Å². The first kappa shape index (κ1) is 21.7. The minimum absolute atomic E-state index is 0.00111. The monoisotopic (exact) mass is 462 g/mol. The second kappa shape index (κ2) is 8.68. The zero-order valence-corrected chi connectivity index (χ0v) is 19.7. The van der Waals surface area contributed by atoms with Gasteiger partial charge in [0.1, 0.15) is 5.82 Å². The van der Waals surface area contributed by atoms with Crippen molar-refractivity contribution < 1.29 is 4.79 Å². The molecule has 2 aliphatic rings. The van der Waals surface area contributed by atoms with Gasteiger partial charge < -0.3 is 9.80 Å². The average Bonchev–Trinajstić information content (AvgIpc) is 3.46. The van der Waals surface area contributed by atoms with Crippen LogP contribution in [0.15, 0.2) is 30.5 Å². The highest BCUT2D eigenvalue weighted by Crippen LogP contribution is 2.33. The predicted molar refractivity (Wildman–Crippen MR) is 127 cm³/mol. The molecule has 2 fully saturated rings. The highest BCUT2D eigenvalue weighted by Gasteiger charge is 2.32. The maximum Gasteiger partial charge on any atom is 0.254 e. The van der Waals surface area contributed by atoms with Gasteiger partial charge in [-0.15, -0.1) is 0 Å². The third kappa shape index (κ3) is 4.04. The fraction of sp³-hybridized carbons (Fsp3) is 0.440. The van der Waals surface area contributed by atoms with E-state index in [1.54, 1.807) is 6.07 Å². The van der Waals surface area contributed by atoms with Gasteiger partial charge in [0.2, 0.25) is 0 Å². The molecule has 0 bridgehead atoms. The van der Waals surface area contributed by atoms with Gasteiger partial charge in [-0.05, 0) is 57.2 Å². The summed E-state index contributed by atoms with van der Waals surface area (Å²) in [5.41, 5.74) is 4.23. The summed E-state index contributed by atoms with van der Waals surface area (Å²) in [5, 5.41) is 14.6. The van der Waals surface area contributed by atoms with Crippen LogP contribution in [-0.2, 0) is 0 Å². The zero-order valence-electron chi connectivity index (χ0n) is 19.0. The number of fused-ring (bicyclic) bond motifs is 1. The molecule has 2 saturated heterocycles. The molecule has 4 heterocycles. The Hall–Kier alpha value is -3.11. The van der Waals surface area contributed by atoms with E-state index in [4.69, 9.17) is 21.7 Å². The number of nitrogens with zero attached hydrogens (tertiary/aromatic N) is 6. The van der Waals surface area contributed by atoms with Gasteiger partial charge in [0.25, 0.3) is 5.91 Å². The quantitative estimate of drug-likeness (QED) is 0.563. The number of anilines is 1. The number of piperidine rings is 1. The van der Waals surface area contributed by atoms with E-state index >= 15 is 0 Å². The maximum atomic E-state index is 13.5. The molecule has 0 N–H and O–H groups in total. The van der Waals surface area contributed by atoms with Crippen LogP contribution in [-0.4, -0.2) is 45.0 Å². The van der Waals surface area contributed by atoms with Crippen LogP contribution in [0.1, 0.15) is 58.9 Å². The molecule has 0 unspecified atom stereocenters. The van der Waals surface area contributed by atoms with Gasteiger partial charge in [0, 0.05) is 48.0 Å². The number of likely N-dealkylation sites (tertiary alicyclic amines) is 1. The minimum atomic E-state index is -0.0927. The SMILES string of the molecule is Cc1ccc(Cl)cc1C(=O)N1CCCC[C@H]1c1cc2nc(N3CC[C@H](C#N)C3)c(C)cn2n1. The average molecular weight is 463 g/mol. The molecule has 170 valence electrons. The number of carbonyl (C=O) groups is 1. The van der Waals surface area contributed by atoms with Gasteiger partial charge in [-0.1, -0.05) is 17.7 Å². The van der Waals surface area contributed by atoms with Crippen LogP contribution in [0.4, 0.5) is 5.82 Å². The predicted octanol–water partition coefficient (Wildman–Crippen LogP) is 4.72. The normalized spacial score (nSPS) is 20.9. The fourth-order valence-corrected chi connectivity index (χ4v) is 5.19. The Kier molecular flexibility index (Phi) is 5.71. The number of amides is 1. The van der Waals surface area contributed by atoms with Crippen LogP contribution in [0.5, 0.6) is 0 Å². The third-order valence-corrected chi connectivity index (χ3v) is 7.06. The summed E-state index contributed by atoms with van der Waals surface area (Å²) >= 11 is 6.19. The van der Waals surface area contributed by atoms with Crippen LogP contribution in [0.2, 0.25) is 5.02 Å². The first-order valence-electron chi connectivity index (χ1n) is 11.5. The maximum absolute atomic E-state index is 13.5. The smallest absolute Gasteiger partial charge is 0.254 e. The number of carbonyl (C=O) groups excluding carboxylic acids is 1. The lowest BCUT2D eigenvalue weighted by Gasteiger charge is -2.35. The standard InChI is InChI=1S/C25H27ClN6O/c1-16-6-7-19(26)11-20(16)25(33)31-9-4-3-5-22(31)21-12-23-28-24(17(2)14-32(23)29-21)30-10-8-18(13-27)15-30/h6-7,11-12,14,18,22H,3-5,8-10,15H2,1-2H3/t18-,22+/m1/s1. The summed E-state index contributed by atoms with van der Waals surface area (Å²) in [7, 11) is 0. The molecular weight excluding hydrogens is 436 g/mol. The van der Waals surface area contributed by atoms with Crippen LogP contribution < -0.4 is 4.90 Å². The first-order valence-corrected chi connectivity index (χ1v) is 11.9. The summed E-state index contributed by atoms with van der Waals surface area (Å²) < 4.78 is 1.81. The number of aryl methyl sites for hydroxylation is 2. The highest BCUT2D eigenvalue weighted by atomic mass is 35.5. The highest BCUT2D eigenvalue weighted by molar-refractivity contribution is 6.31.